The van der Waals surface area contributed by atoms with Crippen LogP contribution in [-0.2, 0) is 4.79 Å². The Morgan fingerprint density at radius 3 is 2.38 bits per heavy atom. The van der Waals surface area contributed by atoms with Crippen LogP contribution in [-0.4, -0.2) is 36.8 Å². The maximum absolute atomic E-state index is 12.5. The van der Waals surface area contributed by atoms with E-state index in [2.05, 4.69) is 5.32 Å². The second-order valence-electron chi connectivity index (χ2n) is 5.93. The summed E-state index contributed by atoms with van der Waals surface area (Å²) < 4.78 is 16.3. The normalized spacial score (nSPS) is 12.4. The van der Waals surface area contributed by atoms with Gasteiger partial charge in [0.1, 0.15) is 19.0 Å². The Balaban J connectivity index is 1.76. The maximum Gasteiger partial charge on any atom is 0.341 e. The van der Waals surface area contributed by atoms with E-state index in [9.17, 15) is 9.59 Å². The Labute approximate surface area is 150 Å². The zero-order valence-electron chi connectivity index (χ0n) is 14.5. The van der Waals surface area contributed by atoms with E-state index in [1.165, 1.54) is 0 Å². The number of carboxylic acid groups (broad SMARTS) is 1. The number of amides is 1. The van der Waals surface area contributed by atoms with Crippen molar-refractivity contribution in [1.29, 1.82) is 0 Å². The monoisotopic (exact) mass is 357 g/mol. The number of hydrogen-bond donors (Lipinski definition) is 2. The largest absolute Gasteiger partial charge is 0.486 e. The van der Waals surface area contributed by atoms with Crippen LogP contribution in [0.15, 0.2) is 30.3 Å². The van der Waals surface area contributed by atoms with Crippen molar-refractivity contribution >= 4 is 17.6 Å². The fourth-order valence-corrected chi connectivity index (χ4v) is 2.77. The molecule has 0 aliphatic carbocycles. The summed E-state index contributed by atoms with van der Waals surface area (Å²) in [6.45, 7) is 4.09. The molecule has 1 amide bonds. The van der Waals surface area contributed by atoms with Crippen molar-refractivity contribution in [1.82, 2.24) is 0 Å². The summed E-state index contributed by atoms with van der Waals surface area (Å²) in [6.07, 6.45) is 0. The Hall–Kier alpha value is -3.22. The van der Waals surface area contributed by atoms with Crippen molar-refractivity contribution in [2.75, 3.05) is 25.1 Å². The molecule has 0 saturated heterocycles. The van der Waals surface area contributed by atoms with Gasteiger partial charge < -0.3 is 24.6 Å². The van der Waals surface area contributed by atoms with Crippen molar-refractivity contribution in [3.8, 4) is 17.2 Å². The van der Waals surface area contributed by atoms with Gasteiger partial charge in [-0.2, -0.15) is 0 Å². The second kappa shape index (κ2) is 7.35. The summed E-state index contributed by atoms with van der Waals surface area (Å²) >= 11 is 0. The highest BCUT2D eigenvalue weighted by molar-refractivity contribution is 6.04. The van der Waals surface area contributed by atoms with Gasteiger partial charge in [-0.05, 0) is 49.2 Å². The summed E-state index contributed by atoms with van der Waals surface area (Å²) in [6, 6.07) is 8.55. The molecule has 7 nitrogen and oxygen atoms in total. The average molecular weight is 357 g/mol. The van der Waals surface area contributed by atoms with Crippen molar-refractivity contribution in [3.63, 3.8) is 0 Å². The molecule has 7 heteroatoms. The molecule has 136 valence electrons. The molecule has 1 heterocycles. The van der Waals surface area contributed by atoms with Gasteiger partial charge in [0.25, 0.3) is 5.91 Å². The first-order valence-electron chi connectivity index (χ1n) is 8.11. The molecule has 1 aliphatic rings. The van der Waals surface area contributed by atoms with Crippen LogP contribution in [0.4, 0.5) is 5.69 Å². The SMILES string of the molecule is Cc1cc(C(=O)Nc2ccc3c(c2)OCCO3)cc(C)c1OCC(=O)O. The first-order valence-corrected chi connectivity index (χ1v) is 8.11. The zero-order valence-corrected chi connectivity index (χ0v) is 14.5. The minimum absolute atomic E-state index is 0.280. The van der Waals surface area contributed by atoms with E-state index < -0.39 is 12.6 Å². The summed E-state index contributed by atoms with van der Waals surface area (Å²) in [4.78, 5) is 23.2. The van der Waals surface area contributed by atoms with Gasteiger partial charge in [-0.1, -0.05) is 0 Å². The van der Waals surface area contributed by atoms with Crippen molar-refractivity contribution in [3.05, 3.63) is 47.0 Å². The third kappa shape index (κ3) is 3.88. The van der Waals surface area contributed by atoms with E-state index in [0.717, 1.165) is 0 Å². The molecule has 0 bridgehead atoms. The molecule has 0 saturated carbocycles. The van der Waals surface area contributed by atoms with Crippen LogP contribution in [0.3, 0.4) is 0 Å². The van der Waals surface area contributed by atoms with Crippen LogP contribution >= 0.6 is 0 Å². The summed E-state index contributed by atoms with van der Waals surface area (Å²) in [5.74, 6) is 0.393. The van der Waals surface area contributed by atoms with Gasteiger partial charge in [0.2, 0.25) is 0 Å². The lowest BCUT2D eigenvalue weighted by atomic mass is 10.0. The molecule has 0 unspecified atom stereocenters. The topological polar surface area (TPSA) is 94.1 Å². The van der Waals surface area contributed by atoms with Gasteiger partial charge in [-0.25, -0.2) is 4.79 Å². The molecular formula is C19H19NO6. The molecule has 2 aromatic rings. The van der Waals surface area contributed by atoms with E-state index in [0.29, 0.717) is 52.8 Å². The van der Waals surface area contributed by atoms with Gasteiger partial charge in [-0.3, -0.25) is 4.79 Å². The number of aliphatic carboxylic acids is 1. The third-order valence-electron chi connectivity index (χ3n) is 3.86. The summed E-state index contributed by atoms with van der Waals surface area (Å²) in [5, 5.41) is 11.6. The highest BCUT2D eigenvalue weighted by Gasteiger charge is 2.15. The fourth-order valence-electron chi connectivity index (χ4n) is 2.77. The number of ether oxygens (including phenoxy) is 3. The standard InChI is InChI=1S/C19H19NO6/c1-11-7-13(8-12(2)18(11)26-10-17(21)22)19(23)20-14-3-4-15-16(9-14)25-6-5-24-15/h3-4,7-9H,5-6,10H2,1-2H3,(H,20,23)(H,21,22). The highest BCUT2D eigenvalue weighted by Crippen LogP contribution is 2.33. The zero-order chi connectivity index (χ0) is 18.7. The maximum atomic E-state index is 12.5. The first-order chi connectivity index (χ1) is 12.4. The number of nitrogens with one attached hydrogen (secondary N) is 1. The predicted molar refractivity (Wildman–Crippen MR) is 94.4 cm³/mol. The highest BCUT2D eigenvalue weighted by atomic mass is 16.6. The molecule has 2 N–H and O–H groups in total. The Bertz CT molecular complexity index is 838. The number of fused-ring (bicyclic) bond motifs is 1. The van der Waals surface area contributed by atoms with Gasteiger partial charge in [0.15, 0.2) is 18.1 Å². The van der Waals surface area contributed by atoms with E-state index in [1.807, 2.05) is 0 Å². The number of carboxylic acids is 1. The minimum Gasteiger partial charge on any atom is -0.486 e. The van der Waals surface area contributed by atoms with Crippen LogP contribution in [0.5, 0.6) is 17.2 Å². The van der Waals surface area contributed by atoms with Crippen LogP contribution < -0.4 is 19.5 Å². The third-order valence-corrected chi connectivity index (χ3v) is 3.86. The number of carbonyl (C=O) groups excluding carboxylic acids is 1. The van der Waals surface area contributed by atoms with Crippen molar-refractivity contribution in [2.45, 2.75) is 13.8 Å². The number of hydrogen-bond acceptors (Lipinski definition) is 5. The smallest absolute Gasteiger partial charge is 0.341 e. The lowest BCUT2D eigenvalue weighted by Crippen LogP contribution is -2.17. The van der Waals surface area contributed by atoms with Crippen LogP contribution in [0.2, 0.25) is 0 Å². The Morgan fingerprint density at radius 1 is 1.08 bits per heavy atom. The predicted octanol–water partition coefficient (Wildman–Crippen LogP) is 2.79. The molecule has 2 aromatic carbocycles. The Morgan fingerprint density at radius 2 is 1.73 bits per heavy atom. The quantitative estimate of drug-likeness (QED) is 0.855. The van der Waals surface area contributed by atoms with Crippen LogP contribution in [0.25, 0.3) is 0 Å². The van der Waals surface area contributed by atoms with E-state index in [4.69, 9.17) is 19.3 Å². The van der Waals surface area contributed by atoms with Gasteiger partial charge in [0, 0.05) is 17.3 Å². The lowest BCUT2D eigenvalue weighted by Gasteiger charge is -2.19. The van der Waals surface area contributed by atoms with Crippen molar-refractivity contribution < 1.29 is 28.9 Å². The summed E-state index contributed by atoms with van der Waals surface area (Å²) in [5.41, 5.74) is 2.44. The molecule has 0 radical (unpaired) electrons. The second-order valence-corrected chi connectivity index (χ2v) is 5.93. The summed E-state index contributed by atoms with van der Waals surface area (Å²) in [7, 11) is 0. The number of rotatable bonds is 5. The fraction of sp³-hybridized carbons (Fsp3) is 0.263. The molecule has 0 fully saturated rings. The molecular weight excluding hydrogens is 338 g/mol. The minimum atomic E-state index is -1.05. The van der Waals surface area contributed by atoms with Gasteiger partial charge in [-0.15, -0.1) is 0 Å². The molecule has 0 aromatic heterocycles. The number of benzene rings is 2. The van der Waals surface area contributed by atoms with Crippen LogP contribution in [0, 0.1) is 13.8 Å². The molecule has 26 heavy (non-hydrogen) atoms. The lowest BCUT2D eigenvalue weighted by molar-refractivity contribution is -0.139. The Kier molecular flexibility index (Phi) is 4.97. The molecule has 0 atom stereocenters. The molecule has 1 aliphatic heterocycles. The van der Waals surface area contributed by atoms with Crippen LogP contribution in [0.1, 0.15) is 21.5 Å². The first kappa shape index (κ1) is 17.6. The average Bonchev–Trinajstić information content (AvgIpc) is 2.60. The van der Waals surface area contributed by atoms with Crippen molar-refractivity contribution in [2.24, 2.45) is 0 Å². The van der Waals surface area contributed by atoms with Gasteiger partial charge in [0.05, 0.1) is 0 Å². The number of anilines is 1. The molecule has 0 spiro atoms. The number of aryl methyl sites for hydroxylation is 2. The van der Waals surface area contributed by atoms with E-state index >= 15 is 0 Å². The van der Waals surface area contributed by atoms with E-state index in [1.54, 1.807) is 44.2 Å². The van der Waals surface area contributed by atoms with E-state index in [-0.39, 0.29) is 5.91 Å². The molecule has 3 rings (SSSR count). The van der Waals surface area contributed by atoms with Gasteiger partial charge >= 0.3 is 5.97 Å². The number of carbonyl (C=O) groups is 2.